The summed E-state index contributed by atoms with van der Waals surface area (Å²) in [4.78, 5) is 7.50. The van der Waals surface area contributed by atoms with Gasteiger partial charge in [-0.1, -0.05) is 48.0 Å². The second kappa shape index (κ2) is 9.74. The predicted octanol–water partition coefficient (Wildman–Crippen LogP) is 7.35. The molecule has 1 aliphatic carbocycles. The zero-order valence-electron chi connectivity index (χ0n) is 21.7. The molecular formula is C32H36N2O2. The lowest BCUT2D eigenvalue weighted by Crippen LogP contribution is -2.30. The van der Waals surface area contributed by atoms with E-state index in [4.69, 9.17) is 14.1 Å². The molecule has 4 heteroatoms. The molecule has 4 nitrogen and oxygen atoms in total. The highest BCUT2D eigenvalue weighted by atomic mass is 16.5. The number of para-hydroxylation sites is 2. The fourth-order valence-electron chi connectivity index (χ4n) is 6.65. The fraction of sp³-hybridized carbons (Fsp3) is 0.406. The molecule has 186 valence electrons. The number of aromatic nitrogens is 1. The van der Waals surface area contributed by atoms with Crippen LogP contribution in [0.2, 0.25) is 0 Å². The van der Waals surface area contributed by atoms with Crippen molar-refractivity contribution in [1.82, 2.24) is 9.88 Å². The fourth-order valence-corrected chi connectivity index (χ4v) is 6.65. The van der Waals surface area contributed by atoms with E-state index in [-0.39, 0.29) is 0 Å². The van der Waals surface area contributed by atoms with Gasteiger partial charge in [-0.05, 0) is 93.3 Å². The minimum atomic E-state index is 0.660. The van der Waals surface area contributed by atoms with Gasteiger partial charge in [0, 0.05) is 24.6 Å². The van der Waals surface area contributed by atoms with E-state index in [9.17, 15) is 0 Å². The smallest absolute Gasteiger partial charge is 0.195 e. The highest BCUT2D eigenvalue weighted by Gasteiger charge is 2.44. The molecular weight excluding hydrogens is 444 g/mol. The lowest BCUT2D eigenvalue weighted by atomic mass is 9.90. The van der Waals surface area contributed by atoms with Crippen molar-refractivity contribution in [3.8, 4) is 16.9 Å². The van der Waals surface area contributed by atoms with Crippen molar-refractivity contribution >= 4 is 11.1 Å². The summed E-state index contributed by atoms with van der Waals surface area (Å²) in [7, 11) is 0. The third-order valence-corrected chi connectivity index (χ3v) is 8.48. The van der Waals surface area contributed by atoms with E-state index in [1.807, 2.05) is 24.3 Å². The topological polar surface area (TPSA) is 38.5 Å². The standard InChI is InChI=1S/C32H36N2O2/c1-4-35-30-16-14-25(22(3)32(30)23-11-9-21(2)10-12-23)20-34-18-17-26-24(13-15-28(26)34)19-31-33-27-7-5-6-8-29(27)36-31/h5-12,14,16,24,26,28H,4,13,15,17-20H2,1-3H3. The van der Waals surface area contributed by atoms with Crippen LogP contribution in [0.15, 0.2) is 65.1 Å². The Morgan fingerprint density at radius 1 is 0.972 bits per heavy atom. The molecule has 3 unspecified atom stereocenters. The first kappa shape index (κ1) is 23.3. The van der Waals surface area contributed by atoms with Crippen LogP contribution in [0.25, 0.3) is 22.2 Å². The highest BCUT2D eigenvalue weighted by Crippen LogP contribution is 2.45. The summed E-state index contributed by atoms with van der Waals surface area (Å²) in [5.74, 6) is 3.30. The lowest BCUT2D eigenvalue weighted by Gasteiger charge is -2.26. The van der Waals surface area contributed by atoms with Crippen LogP contribution >= 0.6 is 0 Å². The quantitative estimate of drug-likeness (QED) is 0.277. The van der Waals surface area contributed by atoms with Gasteiger partial charge in [0.15, 0.2) is 11.5 Å². The largest absolute Gasteiger partial charge is 0.493 e. The molecule has 3 atom stereocenters. The van der Waals surface area contributed by atoms with Crippen molar-refractivity contribution in [2.75, 3.05) is 13.2 Å². The first-order valence-corrected chi connectivity index (χ1v) is 13.5. The summed E-state index contributed by atoms with van der Waals surface area (Å²) in [5.41, 5.74) is 8.40. The maximum absolute atomic E-state index is 6.07. The van der Waals surface area contributed by atoms with E-state index in [0.29, 0.717) is 18.6 Å². The Morgan fingerprint density at radius 2 is 1.81 bits per heavy atom. The van der Waals surface area contributed by atoms with Gasteiger partial charge in [0.1, 0.15) is 11.3 Å². The normalized spacial score (nSPS) is 21.8. The average molecular weight is 481 g/mol. The van der Waals surface area contributed by atoms with E-state index in [0.717, 1.165) is 41.6 Å². The van der Waals surface area contributed by atoms with E-state index in [1.54, 1.807) is 0 Å². The van der Waals surface area contributed by atoms with Gasteiger partial charge in [-0.2, -0.15) is 0 Å². The molecule has 3 aromatic carbocycles. The van der Waals surface area contributed by atoms with Crippen LogP contribution in [0.1, 0.15) is 48.8 Å². The molecule has 0 spiro atoms. The number of rotatable bonds is 7. The number of ether oxygens (including phenoxy) is 1. The van der Waals surface area contributed by atoms with Gasteiger partial charge in [0.05, 0.1) is 6.61 Å². The zero-order chi connectivity index (χ0) is 24.6. The van der Waals surface area contributed by atoms with Gasteiger partial charge in [-0.25, -0.2) is 4.98 Å². The van der Waals surface area contributed by atoms with Crippen molar-refractivity contribution < 1.29 is 9.15 Å². The molecule has 36 heavy (non-hydrogen) atoms. The van der Waals surface area contributed by atoms with Crippen LogP contribution in [0.5, 0.6) is 5.75 Å². The Balaban J connectivity index is 1.20. The molecule has 2 heterocycles. The minimum absolute atomic E-state index is 0.660. The van der Waals surface area contributed by atoms with Crippen LogP contribution in [0.4, 0.5) is 0 Å². The summed E-state index contributed by atoms with van der Waals surface area (Å²) in [6, 6.07) is 22.1. The Hall–Kier alpha value is -3.11. The third-order valence-electron chi connectivity index (χ3n) is 8.48. The molecule has 2 fully saturated rings. The Bertz CT molecular complexity index is 1320. The maximum Gasteiger partial charge on any atom is 0.195 e. The monoisotopic (exact) mass is 480 g/mol. The molecule has 0 radical (unpaired) electrons. The second-order valence-corrected chi connectivity index (χ2v) is 10.6. The lowest BCUT2D eigenvalue weighted by molar-refractivity contribution is 0.225. The summed E-state index contributed by atoms with van der Waals surface area (Å²) in [6.07, 6.45) is 4.78. The summed E-state index contributed by atoms with van der Waals surface area (Å²) in [6.45, 7) is 9.32. The zero-order valence-corrected chi connectivity index (χ0v) is 21.7. The van der Waals surface area contributed by atoms with Crippen LogP contribution in [-0.4, -0.2) is 29.1 Å². The highest BCUT2D eigenvalue weighted by molar-refractivity contribution is 5.75. The number of nitrogens with zero attached hydrogens (tertiary/aromatic N) is 2. The molecule has 4 aromatic rings. The Kier molecular flexibility index (Phi) is 6.30. The number of benzene rings is 3. The first-order valence-electron chi connectivity index (χ1n) is 13.5. The summed E-state index contributed by atoms with van der Waals surface area (Å²) < 4.78 is 12.1. The number of aryl methyl sites for hydroxylation is 1. The Morgan fingerprint density at radius 3 is 2.61 bits per heavy atom. The van der Waals surface area contributed by atoms with Crippen LogP contribution < -0.4 is 4.74 Å². The van der Waals surface area contributed by atoms with E-state index in [1.165, 1.54) is 53.6 Å². The van der Waals surface area contributed by atoms with Crippen LogP contribution in [0, 0.1) is 25.7 Å². The summed E-state index contributed by atoms with van der Waals surface area (Å²) >= 11 is 0. The number of oxazole rings is 1. The molecule has 0 N–H and O–H groups in total. The van der Waals surface area contributed by atoms with Gasteiger partial charge in [-0.15, -0.1) is 0 Å². The van der Waals surface area contributed by atoms with Crippen molar-refractivity contribution in [3.63, 3.8) is 0 Å². The van der Waals surface area contributed by atoms with Gasteiger partial charge in [0.2, 0.25) is 0 Å². The van der Waals surface area contributed by atoms with Gasteiger partial charge in [-0.3, -0.25) is 4.90 Å². The van der Waals surface area contributed by atoms with Crippen LogP contribution in [0.3, 0.4) is 0 Å². The van der Waals surface area contributed by atoms with Crippen molar-refractivity contribution in [2.24, 2.45) is 11.8 Å². The van der Waals surface area contributed by atoms with Gasteiger partial charge >= 0.3 is 0 Å². The van der Waals surface area contributed by atoms with Crippen LogP contribution in [-0.2, 0) is 13.0 Å². The number of hydrogen-bond donors (Lipinski definition) is 0. The molecule has 2 aliphatic rings. The predicted molar refractivity (Wildman–Crippen MR) is 145 cm³/mol. The molecule has 0 amide bonds. The minimum Gasteiger partial charge on any atom is -0.493 e. The summed E-state index contributed by atoms with van der Waals surface area (Å²) in [5, 5.41) is 0. The molecule has 1 aliphatic heterocycles. The van der Waals surface area contributed by atoms with E-state index >= 15 is 0 Å². The Labute approximate surface area is 214 Å². The number of fused-ring (bicyclic) bond motifs is 2. The van der Waals surface area contributed by atoms with Gasteiger partial charge < -0.3 is 9.15 Å². The average Bonchev–Trinajstić information content (AvgIpc) is 3.58. The number of likely N-dealkylation sites (tertiary alicyclic amines) is 1. The van der Waals surface area contributed by atoms with E-state index < -0.39 is 0 Å². The SMILES string of the molecule is CCOc1ccc(CN2CCC3C(Cc4nc5ccccc5o4)CCC32)c(C)c1-c1ccc(C)cc1. The van der Waals surface area contributed by atoms with Crippen molar-refractivity contribution in [2.45, 2.75) is 59.0 Å². The third kappa shape index (κ3) is 4.32. The first-order chi connectivity index (χ1) is 17.6. The molecule has 1 aromatic heterocycles. The maximum atomic E-state index is 6.07. The second-order valence-electron chi connectivity index (χ2n) is 10.6. The number of hydrogen-bond acceptors (Lipinski definition) is 4. The molecule has 0 bridgehead atoms. The van der Waals surface area contributed by atoms with E-state index in [2.05, 4.69) is 62.1 Å². The van der Waals surface area contributed by atoms with Crippen molar-refractivity contribution in [3.05, 3.63) is 83.2 Å². The molecule has 1 saturated carbocycles. The van der Waals surface area contributed by atoms with Gasteiger partial charge in [0.25, 0.3) is 0 Å². The molecule has 6 rings (SSSR count). The molecule has 1 saturated heterocycles. The van der Waals surface area contributed by atoms with Crippen molar-refractivity contribution in [1.29, 1.82) is 0 Å².